The molecule has 0 saturated heterocycles. The molecule has 0 atom stereocenters. The molecule has 5 nitrogen and oxygen atoms in total. The minimum Gasteiger partial charge on any atom is -0.337 e. The van der Waals surface area contributed by atoms with E-state index in [1.54, 1.807) is 0 Å². The van der Waals surface area contributed by atoms with Crippen molar-refractivity contribution in [3.05, 3.63) is 29.3 Å². The normalized spacial score (nSPS) is 11.4. The van der Waals surface area contributed by atoms with Gasteiger partial charge in [0.1, 0.15) is 0 Å². The average Bonchev–Trinajstić information content (AvgIpc) is 2.28. The fraction of sp³-hybridized carbons (Fsp3) is 0.417. The van der Waals surface area contributed by atoms with Gasteiger partial charge >= 0.3 is 6.03 Å². The Balaban J connectivity index is 2.59. The molecule has 0 saturated carbocycles. The van der Waals surface area contributed by atoms with Crippen LogP contribution in [0.2, 0.25) is 5.02 Å². The van der Waals surface area contributed by atoms with Crippen LogP contribution in [0.1, 0.15) is 20.3 Å². The highest BCUT2D eigenvalue weighted by Crippen LogP contribution is 2.13. The molecule has 106 valence electrons. The average molecular weight is 305 g/mol. The molecular weight excluding hydrogens is 288 g/mol. The second-order valence-electron chi connectivity index (χ2n) is 4.50. The molecule has 2 N–H and O–H groups in total. The summed E-state index contributed by atoms with van der Waals surface area (Å²) in [5.41, 5.74) is 0. The summed E-state index contributed by atoms with van der Waals surface area (Å²) in [6.07, 6.45) is 0.786. The number of rotatable bonds is 5. The van der Waals surface area contributed by atoms with E-state index in [2.05, 4.69) is 5.32 Å². The molecular formula is C12H17ClN2O3S. The van der Waals surface area contributed by atoms with Gasteiger partial charge in [0.2, 0.25) is 0 Å². The van der Waals surface area contributed by atoms with Crippen molar-refractivity contribution in [2.45, 2.75) is 25.2 Å². The molecule has 2 amide bonds. The first-order chi connectivity index (χ1) is 8.81. The topological polar surface area (TPSA) is 75.3 Å². The first-order valence-electron chi connectivity index (χ1n) is 5.87. The van der Waals surface area contributed by atoms with Gasteiger partial charge in [-0.15, -0.1) is 0 Å². The van der Waals surface area contributed by atoms with Gasteiger partial charge in [0.05, 0.1) is 4.90 Å². The Bertz CT molecular complexity index is 526. The minimum atomic E-state index is -3.85. The molecule has 1 aromatic carbocycles. The summed E-state index contributed by atoms with van der Waals surface area (Å²) < 4.78 is 25.6. The van der Waals surface area contributed by atoms with Crippen molar-refractivity contribution in [2.75, 3.05) is 6.54 Å². The van der Waals surface area contributed by atoms with E-state index in [-0.39, 0.29) is 4.90 Å². The van der Waals surface area contributed by atoms with E-state index in [1.807, 2.05) is 18.6 Å². The Hall–Kier alpha value is -1.27. The Labute approximate surface area is 118 Å². The van der Waals surface area contributed by atoms with E-state index in [1.165, 1.54) is 24.3 Å². The van der Waals surface area contributed by atoms with Crippen LogP contribution in [0.4, 0.5) is 4.79 Å². The van der Waals surface area contributed by atoms with E-state index in [0.29, 0.717) is 17.5 Å². The van der Waals surface area contributed by atoms with Gasteiger partial charge in [-0.25, -0.2) is 17.9 Å². The molecule has 19 heavy (non-hydrogen) atoms. The minimum absolute atomic E-state index is 0.00379. The van der Waals surface area contributed by atoms with Crippen molar-refractivity contribution < 1.29 is 13.2 Å². The maximum absolute atomic E-state index is 11.8. The smallest absolute Gasteiger partial charge is 0.328 e. The largest absolute Gasteiger partial charge is 0.337 e. The molecule has 0 aromatic heterocycles. The van der Waals surface area contributed by atoms with Gasteiger partial charge in [-0.1, -0.05) is 25.4 Å². The summed E-state index contributed by atoms with van der Waals surface area (Å²) in [5, 5.41) is 2.93. The summed E-state index contributed by atoms with van der Waals surface area (Å²) in [6.45, 7) is 4.47. The molecule has 0 bridgehead atoms. The maximum Gasteiger partial charge on any atom is 0.328 e. The quantitative estimate of drug-likeness (QED) is 0.877. The lowest BCUT2D eigenvalue weighted by molar-refractivity contribution is 0.245. The summed E-state index contributed by atoms with van der Waals surface area (Å²) in [6, 6.07) is 4.85. The predicted molar refractivity (Wildman–Crippen MR) is 74.6 cm³/mol. The molecule has 0 radical (unpaired) electrons. The molecule has 0 heterocycles. The standard InChI is InChI=1S/C12H17ClN2O3S/c1-9(2)7-8-14-12(16)15-19(17,18)11-5-3-10(13)4-6-11/h3-6,9H,7-8H2,1-2H3,(H2,14,15,16). The zero-order valence-electron chi connectivity index (χ0n) is 10.8. The van der Waals surface area contributed by atoms with Crippen molar-refractivity contribution in [1.29, 1.82) is 0 Å². The van der Waals surface area contributed by atoms with Gasteiger partial charge in [-0.3, -0.25) is 0 Å². The molecule has 0 aliphatic rings. The fourth-order valence-electron chi connectivity index (χ4n) is 1.31. The van der Waals surface area contributed by atoms with Crippen LogP contribution in [0.25, 0.3) is 0 Å². The van der Waals surface area contributed by atoms with Gasteiger partial charge in [0.15, 0.2) is 0 Å². The van der Waals surface area contributed by atoms with E-state index in [0.717, 1.165) is 6.42 Å². The van der Waals surface area contributed by atoms with Gasteiger partial charge in [0, 0.05) is 11.6 Å². The lowest BCUT2D eigenvalue weighted by Crippen LogP contribution is -2.40. The number of carbonyl (C=O) groups excluding carboxylic acids is 1. The van der Waals surface area contributed by atoms with Crippen molar-refractivity contribution in [2.24, 2.45) is 5.92 Å². The third-order valence-electron chi connectivity index (χ3n) is 2.36. The van der Waals surface area contributed by atoms with Crippen molar-refractivity contribution in [3.63, 3.8) is 0 Å². The van der Waals surface area contributed by atoms with E-state index >= 15 is 0 Å². The molecule has 0 fully saturated rings. The Kier molecular flexibility index (Phi) is 5.62. The number of hydrogen-bond donors (Lipinski definition) is 2. The lowest BCUT2D eigenvalue weighted by Gasteiger charge is -2.09. The molecule has 0 aliphatic carbocycles. The predicted octanol–water partition coefficient (Wildman–Crippen LogP) is 2.37. The summed E-state index contributed by atoms with van der Waals surface area (Å²) in [4.78, 5) is 11.4. The molecule has 0 aliphatic heterocycles. The van der Waals surface area contributed by atoms with Crippen LogP contribution in [0.15, 0.2) is 29.2 Å². The third-order valence-corrected chi connectivity index (χ3v) is 3.96. The van der Waals surface area contributed by atoms with Crippen molar-refractivity contribution in [1.82, 2.24) is 10.0 Å². The highest BCUT2D eigenvalue weighted by Gasteiger charge is 2.16. The summed E-state index contributed by atoms with van der Waals surface area (Å²) >= 11 is 5.67. The van der Waals surface area contributed by atoms with Crippen LogP contribution in [0.5, 0.6) is 0 Å². The van der Waals surface area contributed by atoms with Crippen LogP contribution < -0.4 is 10.0 Å². The van der Waals surface area contributed by atoms with Crippen LogP contribution in [0.3, 0.4) is 0 Å². The van der Waals surface area contributed by atoms with E-state index < -0.39 is 16.1 Å². The van der Waals surface area contributed by atoms with Crippen molar-refractivity contribution >= 4 is 27.7 Å². The third kappa shape index (κ3) is 5.48. The van der Waals surface area contributed by atoms with Gasteiger partial charge in [-0.05, 0) is 36.6 Å². The number of sulfonamides is 1. The van der Waals surface area contributed by atoms with Crippen LogP contribution in [0, 0.1) is 5.92 Å². The van der Waals surface area contributed by atoms with Crippen LogP contribution >= 0.6 is 11.6 Å². The summed E-state index contributed by atoms with van der Waals surface area (Å²) in [5.74, 6) is 0.438. The molecule has 1 aromatic rings. The highest BCUT2D eigenvalue weighted by molar-refractivity contribution is 7.90. The van der Waals surface area contributed by atoms with Crippen LogP contribution in [-0.4, -0.2) is 21.0 Å². The zero-order valence-corrected chi connectivity index (χ0v) is 12.4. The lowest BCUT2D eigenvalue weighted by atomic mass is 10.1. The molecule has 0 unspecified atom stereocenters. The fourth-order valence-corrected chi connectivity index (χ4v) is 2.36. The molecule has 7 heteroatoms. The molecule has 0 spiro atoms. The second-order valence-corrected chi connectivity index (χ2v) is 6.62. The van der Waals surface area contributed by atoms with E-state index in [4.69, 9.17) is 11.6 Å². The monoisotopic (exact) mass is 304 g/mol. The first-order valence-corrected chi connectivity index (χ1v) is 7.73. The van der Waals surface area contributed by atoms with Gasteiger partial charge < -0.3 is 5.32 Å². The zero-order chi connectivity index (χ0) is 14.5. The van der Waals surface area contributed by atoms with Crippen molar-refractivity contribution in [3.8, 4) is 0 Å². The number of amides is 2. The second kappa shape index (κ2) is 6.77. The first kappa shape index (κ1) is 15.8. The van der Waals surface area contributed by atoms with Gasteiger partial charge in [-0.2, -0.15) is 0 Å². The Morgan fingerprint density at radius 3 is 2.37 bits per heavy atom. The Morgan fingerprint density at radius 2 is 1.84 bits per heavy atom. The van der Waals surface area contributed by atoms with Gasteiger partial charge in [0.25, 0.3) is 10.0 Å². The maximum atomic E-state index is 11.8. The number of urea groups is 1. The number of nitrogens with one attached hydrogen (secondary N) is 2. The molecule has 1 rings (SSSR count). The number of hydrogen-bond acceptors (Lipinski definition) is 3. The highest BCUT2D eigenvalue weighted by atomic mass is 35.5. The summed E-state index contributed by atoms with van der Waals surface area (Å²) in [7, 11) is -3.85. The number of benzene rings is 1. The number of halogens is 1. The SMILES string of the molecule is CC(C)CCNC(=O)NS(=O)(=O)c1ccc(Cl)cc1. The van der Waals surface area contributed by atoms with Crippen LogP contribution in [-0.2, 0) is 10.0 Å². The van der Waals surface area contributed by atoms with E-state index in [9.17, 15) is 13.2 Å². The number of carbonyl (C=O) groups is 1. The Morgan fingerprint density at radius 1 is 1.26 bits per heavy atom.